The molecule has 4 nitrogen and oxygen atoms in total. The number of amides is 1. The van der Waals surface area contributed by atoms with Crippen molar-refractivity contribution in [2.45, 2.75) is 6.42 Å². The van der Waals surface area contributed by atoms with Crippen molar-refractivity contribution in [3.63, 3.8) is 0 Å². The second-order valence-electron chi connectivity index (χ2n) is 3.08. The zero-order valence-electron chi connectivity index (χ0n) is 7.60. The lowest BCUT2D eigenvalue weighted by atomic mass is 10.2. The van der Waals surface area contributed by atoms with Gasteiger partial charge in [0.25, 0.3) is 0 Å². The summed E-state index contributed by atoms with van der Waals surface area (Å²) in [6, 6.07) is 7.78. The zero-order valence-corrected chi connectivity index (χ0v) is 7.60. The van der Waals surface area contributed by atoms with E-state index in [-0.39, 0.29) is 5.91 Å². The molecule has 0 atom stereocenters. The molecule has 0 unspecified atom stereocenters. The Bertz CT molecular complexity index is 461. The van der Waals surface area contributed by atoms with E-state index in [1.54, 1.807) is 0 Å². The monoisotopic (exact) mass is 189 g/mol. The standard InChI is InChI=1S/C10H11N3O/c11-12-10(14)7-8-4-6-13-5-2-1-3-9(8)13/h1-6H,7,11H2,(H,12,14). The van der Waals surface area contributed by atoms with E-state index >= 15 is 0 Å². The molecule has 1 amide bonds. The normalized spacial score (nSPS) is 10.4. The van der Waals surface area contributed by atoms with Gasteiger partial charge in [0.05, 0.1) is 6.42 Å². The molecule has 72 valence electrons. The summed E-state index contributed by atoms with van der Waals surface area (Å²) >= 11 is 0. The highest BCUT2D eigenvalue weighted by molar-refractivity contribution is 5.80. The van der Waals surface area contributed by atoms with Crippen LogP contribution in [-0.2, 0) is 11.2 Å². The third-order valence-corrected chi connectivity index (χ3v) is 2.17. The van der Waals surface area contributed by atoms with E-state index in [2.05, 4.69) is 5.43 Å². The Hall–Kier alpha value is -1.81. The molecule has 0 aliphatic heterocycles. The van der Waals surface area contributed by atoms with Crippen molar-refractivity contribution in [3.8, 4) is 0 Å². The zero-order chi connectivity index (χ0) is 9.97. The Morgan fingerprint density at radius 2 is 2.21 bits per heavy atom. The molecule has 0 saturated heterocycles. The lowest BCUT2D eigenvalue weighted by Gasteiger charge is -1.98. The van der Waals surface area contributed by atoms with Gasteiger partial charge in [-0.25, -0.2) is 5.84 Å². The number of aromatic nitrogens is 1. The first-order valence-corrected chi connectivity index (χ1v) is 4.35. The van der Waals surface area contributed by atoms with Crippen LogP contribution in [0.5, 0.6) is 0 Å². The van der Waals surface area contributed by atoms with Gasteiger partial charge in [-0.2, -0.15) is 0 Å². The van der Waals surface area contributed by atoms with Gasteiger partial charge in [0.15, 0.2) is 0 Å². The number of hydrazine groups is 1. The predicted octanol–water partition coefficient (Wildman–Crippen LogP) is 0.472. The average molecular weight is 189 g/mol. The summed E-state index contributed by atoms with van der Waals surface area (Å²) in [6.07, 6.45) is 4.19. The number of nitrogens with one attached hydrogen (secondary N) is 1. The maximum Gasteiger partial charge on any atom is 0.238 e. The molecule has 2 aromatic rings. The molecule has 14 heavy (non-hydrogen) atoms. The lowest BCUT2D eigenvalue weighted by Crippen LogP contribution is -2.31. The van der Waals surface area contributed by atoms with Crippen molar-refractivity contribution < 1.29 is 4.79 Å². The summed E-state index contributed by atoms with van der Waals surface area (Å²) in [7, 11) is 0. The van der Waals surface area contributed by atoms with Crippen LogP contribution in [0.3, 0.4) is 0 Å². The Morgan fingerprint density at radius 3 is 3.00 bits per heavy atom. The van der Waals surface area contributed by atoms with Crippen molar-refractivity contribution in [2.75, 3.05) is 0 Å². The van der Waals surface area contributed by atoms with Crippen LogP contribution in [0.25, 0.3) is 5.52 Å². The second-order valence-corrected chi connectivity index (χ2v) is 3.08. The van der Waals surface area contributed by atoms with E-state index in [0.717, 1.165) is 11.1 Å². The molecular formula is C10H11N3O. The number of hydrogen-bond acceptors (Lipinski definition) is 2. The molecule has 0 aliphatic rings. The highest BCUT2D eigenvalue weighted by Gasteiger charge is 2.05. The van der Waals surface area contributed by atoms with Crippen molar-refractivity contribution in [3.05, 3.63) is 42.2 Å². The number of hydrogen-bond donors (Lipinski definition) is 2. The number of carbonyl (C=O) groups excluding carboxylic acids is 1. The highest BCUT2D eigenvalue weighted by Crippen LogP contribution is 2.12. The Kier molecular flexibility index (Phi) is 2.20. The minimum Gasteiger partial charge on any atom is -0.324 e. The lowest BCUT2D eigenvalue weighted by molar-refractivity contribution is -0.120. The van der Waals surface area contributed by atoms with Gasteiger partial charge in [0.2, 0.25) is 5.91 Å². The summed E-state index contributed by atoms with van der Waals surface area (Å²) in [5.41, 5.74) is 4.14. The van der Waals surface area contributed by atoms with E-state index < -0.39 is 0 Å². The van der Waals surface area contributed by atoms with Gasteiger partial charge < -0.3 is 4.40 Å². The van der Waals surface area contributed by atoms with Crippen LogP contribution in [0.1, 0.15) is 5.56 Å². The molecule has 0 aromatic carbocycles. The molecule has 0 fully saturated rings. The fourth-order valence-corrected chi connectivity index (χ4v) is 1.49. The molecule has 0 bridgehead atoms. The van der Waals surface area contributed by atoms with E-state index in [1.165, 1.54) is 0 Å². The van der Waals surface area contributed by atoms with Crippen molar-refractivity contribution in [1.29, 1.82) is 0 Å². The first-order chi connectivity index (χ1) is 6.81. The number of rotatable bonds is 2. The summed E-state index contributed by atoms with van der Waals surface area (Å²) < 4.78 is 1.97. The molecule has 4 heteroatoms. The SMILES string of the molecule is NNC(=O)Cc1ccn2ccccc12. The van der Waals surface area contributed by atoms with E-state index in [4.69, 9.17) is 5.84 Å². The van der Waals surface area contributed by atoms with Crippen molar-refractivity contribution in [2.24, 2.45) is 5.84 Å². The van der Waals surface area contributed by atoms with Gasteiger partial charge in [-0.05, 0) is 23.8 Å². The Labute approximate surface area is 81.3 Å². The molecule has 2 aromatic heterocycles. The van der Waals surface area contributed by atoms with E-state index in [0.29, 0.717) is 6.42 Å². The van der Waals surface area contributed by atoms with Crippen molar-refractivity contribution >= 4 is 11.4 Å². The van der Waals surface area contributed by atoms with Crippen LogP contribution in [0.15, 0.2) is 36.7 Å². The maximum atomic E-state index is 11.1. The van der Waals surface area contributed by atoms with Crippen LogP contribution >= 0.6 is 0 Å². The van der Waals surface area contributed by atoms with Crippen LogP contribution in [0.2, 0.25) is 0 Å². The number of carbonyl (C=O) groups is 1. The van der Waals surface area contributed by atoms with Gasteiger partial charge >= 0.3 is 0 Å². The first-order valence-electron chi connectivity index (χ1n) is 4.35. The minimum absolute atomic E-state index is 0.179. The average Bonchev–Trinajstić information content (AvgIpc) is 2.62. The molecular weight excluding hydrogens is 178 g/mol. The molecule has 2 rings (SSSR count). The van der Waals surface area contributed by atoms with Crippen LogP contribution in [-0.4, -0.2) is 10.3 Å². The van der Waals surface area contributed by atoms with Crippen LogP contribution in [0.4, 0.5) is 0 Å². The fraction of sp³-hybridized carbons (Fsp3) is 0.100. The molecule has 0 spiro atoms. The summed E-state index contributed by atoms with van der Waals surface area (Å²) in [5.74, 6) is 4.85. The molecule has 3 N–H and O–H groups in total. The Balaban J connectivity index is 2.38. The molecule has 0 aliphatic carbocycles. The number of nitrogens with two attached hydrogens (primary N) is 1. The fourth-order valence-electron chi connectivity index (χ4n) is 1.49. The number of fused-ring (bicyclic) bond motifs is 1. The topological polar surface area (TPSA) is 59.5 Å². The van der Waals surface area contributed by atoms with Gasteiger partial charge in [-0.1, -0.05) is 6.07 Å². The third kappa shape index (κ3) is 1.47. The largest absolute Gasteiger partial charge is 0.324 e. The van der Waals surface area contributed by atoms with E-state index in [9.17, 15) is 4.79 Å². The first kappa shape index (κ1) is 8.77. The second kappa shape index (κ2) is 3.51. The summed E-state index contributed by atoms with van der Waals surface area (Å²) in [5, 5.41) is 0. The van der Waals surface area contributed by atoms with E-state index in [1.807, 2.05) is 41.1 Å². The third-order valence-electron chi connectivity index (χ3n) is 2.17. The quantitative estimate of drug-likeness (QED) is 0.410. The molecule has 0 saturated carbocycles. The summed E-state index contributed by atoms with van der Waals surface area (Å²) in [4.78, 5) is 11.1. The molecule has 0 radical (unpaired) electrons. The van der Waals surface area contributed by atoms with Gasteiger partial charge in [-0.3, -0.25) is 10.2 Å². The van der Waals surface area contributed by atoms with Gasteiger partial charge in [0, 0.05) is 17.9 Å². The van der Waals surface area contributed by atoms with Gasteiger partial charge in [-0.15, -0.1) is 0 Å². The van der Waals surface area contributed by atoms with Gasteiger partial charge in [0.1, 0.15) is 0 Å². The highest BCUT2D eigenvalue weighted by atomic mass is 16.2. The smallest absolute Gasteiger partial charge is 0.238 e. The van der Waals surface area contributed by atoms with Crippen LogP contribution < -0.4 is 11.3 Å². The molecule has 2 heterocycles. The number of nitrogens with zero attached hydrogens (tertiary/aromatic N) is 1. The summed E-state index contributed by atoms with van der Waals surface area (Å²) in [6.45, 7) is 0. The van der Waals surface area contributed by atoms with Crippen molar-refractivity contribution in [1.82, 2.24) is 9.83 Å². The minimum atomic E-state index is -0.179. The maximum absolute atomic E-state index is 11.1. The van der Waals surface area contributed by atoms with Crippen LogP contribution in [0, 0.1) is 0 Å². The number of pyridine rings is 1. The Morgan fingerprint density at radius 1 is 1.36 bits per heavy atom. The predicted molar refractivity (Wildman–Crippen MR) is 53.4 cm³/mol.